The van der Waals surface area contributed by atoms with Gasteiger partial charge in [0, 0.05) is 0 Å². The Morgan fingerprint density at radius 2 is 1.35 bits per heavy atom. The largest absolute Gasteiger partial charge is 0.139 e. The fraction of sp³-hybridized carbons (Fsp3) is 0. The molecule has 3 aromatic rings. The van der Waals surface area contributed by atoms with Crippen molar-refractivity contribution >= 4 is 24.1 Å². The molecule has 0 aliphatic heterocycles. The van der Waals surface area contributed by atoms with Gasteiger partial charge in [0.15, 0.2) is 0 Å². The van der Waals surface area contributed by atoms with Gasteiger partial charge in [0.1, 0.15) is 7.85 Å². The highest BCUT2D eigenvalue weighted by Crippen LogP contribution is 2.27. The predicted octanol–water partition coefficient (Wildman–Crippen LogP) is 2.77. The van der Waals surface area contributed by atoms with Crippen LogP contribution in [-0.4, -0.2) is 7.85 Å². The lowest BCUT2D eigenvalue weighted by Crippen LogP contribution is -1.99. The molecule has 0 spiro atoms. The highest BCUT2D eigenvalue weighted by Gasteiger charge is 2.02. The predicted molar refractivity (Wildman–Crippen MR) is 77.6 cm³/mol. The first kappa shape index (κ1) is 10.2. The van der Waals surface area contributed by atoms with E-state index in [9.17, 15) is 0 Å². The third-order valence-corrected chi connectivity index (χ3v) is 3.15. The van der Waals surface area contributed by atoms with Gasteiger partial charge in [-0.15, -0.1) is 0 Å². The molecule has 0 N–H and O–H groups in total. The molecule has 0 saturated carbocycles. The molecular formula is C16H13B. The molecule has 3 aromatic carbocycles. The topological polar surface area (TPSA) is 0 Å². The molecule has 0 atom stereocenters. The average Bonchev–Trinajstić information content (AvgIpc) is 2.39. The Labute approximate surface area is 102 Å². The van der Waals surface area contributed by atoms with Crippen LogP contribution in [0.2, 0.25) is 0 Å². The summed E-state index contributed by atoms with van der Waals surface area (Å²) in [7, 11) is 2.12. The maximum atomic E-state index is 2.19. The molecule has 0 amide bonds. The van der Waals surface area contributed by atoms with Crippen LogP contribution >= 0.6 is 0 Å². The molecule has 1 heteroatoms. The molecule has 0 bridgehead atoms. The molecule has 0 fully saturated rings. The Morgan fingerprint density at radius 3 is 2.18 bits per heavy atom. The van der Waals surface area contributed by atoms with Crippen LogP contribution < -0.4 is 5.46 Å². The van der Waals surface area contributed by atoms with E-state index in [4.69, 9.17) is 0 Å². The Balaban J connectivity index is 2.27. The van der Waals surface area contributed by atoms with Crippen molar-refractivity contribution in [1.29, 1.82) is 0 Å². The molecule has 0 aliphatic rings. The second-order valence-electron chi connectivity index (χ2n) is 4.39. The molecule has 80 valence electrons. The number of benzene rings is 3. The fourth-order valence-corrected chi connectivity index (χ4v) is 2.21. The van der Waals surface area contributed by atoms with E-state index in [0.29, 0.717) is 0 Å². The highest BCUT2D eigenvalue weighted by atomic mass is 14.1. The number of fused-ring (bicyclic) bond motifs is 1. The van der Waals surface area contributed by atoms with Gasteiger partial charge < -0.3 is 0 Å². The number of hydrogen-bond acceptors (Lipinski definition) is 0. The molecule has 3 rings (SSSR count). The first-order valence-corrected chi connectivity index (χ1v) is 5.89. The zero-order valence-electron chi connectivity index (χ0n) is 9.85. The SMILES string of the molecule is Bc1ccc(-c2cccc3ccccc23)cc1. The van der Waals surface area contributed by atoms with Gasteiger partial charge in [0.25, 0.3) is 0 Å². The van der Waals surface area contributed by atoms with Crippen molar-refractivity contribution in [3.63, 3.8) is 0 Å². The van der Waals surface area contributed by atoms with Crippen molar-refractivity contribution in [3.8, 4) is 11.1 Å². The first-order chi connectivity index (χ1) is 8.34. The second kappa shape index (κ2) is 4.10. The Bertz CT molecular complexity index is 648. The van der Waals surface area contributed by atoms with E-state index >= 15 is 0 Å². The minimum atomic E-state index is 1.28. The van der Waals surface area contributed by atoms with Crippen LogP contribution in [0, 0.1) is 0 Å². The van der Waals surface area contributed by atoms with Gasteiger partial charge in [0.2, 0.25) is 0 Å². The van der Waals surface area contributed by atoms with Gasteiger partial charge in [-0.1, -0.05) is 72.2 Å². The van der Waals surface area contributed by atoms with Gasteiger partial charge in [-0.2, -0.15) is 0 Å². The first-order valence-electron chi connectivity index (χ1n) is 5.89. The molecule has 0 nitrogen and oxygen atoms in total. The zero-order valence-corrected chi connectivity index (χ0v) is 9.85. The lowest BCUT2D eigenvalue weighted by atomic mass is 9.92. The van der Waals surface area contributed by atoms with Gasteiger partial charge in [-0.3, -0.25) is 0 Å². The number of hydrogen-bond donors (Lipinski definition) is 0. The van der Waals surface area contributed by atoms with Crippen LogP contribution in [0.15, 0.2) is 66.7 Å². The van der Waals surface area contributed by atoms with E-state index in [-0.39, 0.29) is 0 Å². The minimum Gasteiger partial charge on any atom is -0.0889 e. The van der Waals surface area contributed by atoms with Crippen LogP contribution in [0.1, 0.15) is 0 Å². The average molecular weight is 216 g/mol. The molecule has 0 heterocycles. The smallest absolute Gasteiger partial charge is 0.0889 e. The molecular weight excluding hydrogens is 203 g/mol. The highest BCUT2D eigenvalue weighted by molar-refractivity contribution is 6.32. The lowest BCUT2D eigenvalue weighted by Gasteiger charge is -2.07. The van der Waals surface area contributed by atoms with Crippen LogP contribution in [0.3, 0.4) is 0 Å². The van der Waals surface area contributed by atoms with E-state index in [2.05, 4.69) is 74.6 Å². The summed E-state index contributed by atoms with van der Waals surface area (Å²) in [4.78, 5) is 0. The monoisotopic (exact) mass is 216 g/mol. The molecule has 0 radical (unpaired) electrons. The summed E-state index contributed by atoms with van der Waals surface area (Å²) in [5.74, 6) is 0. The minimum absolute atomic E-state index is 1.28. The van der Waals surface area contributed by atoms with Gasteiger partial charge in [-0.25, -0.2) is 0 Å². The van der Waals surface area contributed by atoms with Crippen LogP contribution in [0.5, 0.6) is 0 Å². The summed E-state index contributed by atoms with van der Waals surface area (Å²) in [6.07, 6.45) is 0. The molecule has 0 aliphatic carbocycles. The quantitative estimate of drug-likeness (QED) is 0.548. The van der Waals surface area contributed by atoms with Crippen molar-refractivity contribution in [1.82, 2.24) is 0 Å². The molecule has 0 unspecified atom stereocenters. The van der Waals surface area contributed by atoms with Crippen LogP contribution in [0.25, 0.3) is 21.9 Å². The van der Waals surface area contributed by atoms with Gasteiger partial charge >= 0.3 is 0 Å². The summed E-state index contributed by atoms with van der Waals surface area (Å²) >= 11 is 0. The lowest BCUT2D eigenvalue weighted by molar-refractivity contribution is 1.67. The van der Waals surface area contributed by atoms with E-state index in [1.54, 1.807) is 0 Å². The second-order valence-corrected chi connectivity index (χ2v) is 4.39. The van der Waals surface area contributed by atoms with Crippen LogP contribution in [-0.2, 0) is 0 Å². The van der Waals surface area contributed by atoms with E-state index < -0.39 is 0 Å². The summed E-state index contributed by atoms with van der Waals surface area (Å²) in [5.41, 5.74) is 3.89. The van der Waals surface area contributed by atoms with Crippen molar-refractivity contribution in [3.05, 3.63) is 66.7 Å². The Morgan fingerprint density at radius 1 is 0.647 bits per heavy atom. The standard InChI is InChI=1S/C16H13B/c17-14-10-8-13(9-11-14)16-7-3-5-12-4-1-2-6-15(12)16/h1-11H,17H2. The summed E-state index contributed by atoms with van der Waals surface area (Å²) < 4.78 is 0. The third-order valence-electron chi connectivity index (χ3n) is 3.15. The van der Waals surface area contributed by atoms with Crippen molar-refractivity contribution in [2.75, 3.05) is 0 Å². The van der Waals surface area contributed by atoms with E-state index in [1.807, 2.05) is 0 Å². The maximum absolute atomic E-state index is 2.19. The van der Waals surface area contributed by atoms with E-state index in [0.717, 1.165) is 0 Å². The summed E-state index contributed by atoms with van der Waals surface area (Å²) in [6.45, 7) is 0. The summed E-state index contributed by atoms with van der Waals surface area (Å²) in [5, 5.41) is 2.62. The Kier molecular flexibility index (Phi) is 2.45. The number of rotatable bonds is 1. The van der Waals surface area contributed by atoms with Crippen LogP contribution in [0.4, 0.5) is 0 Å². The third kappa shape index (κ3) is 1.85. The Hall–Kier alpha value is -2.02. The summed E-state index contributed by atoms with van der Waals surface area (Å²) in [6, 6.07) is 23.7. The fourth-order valence-electron chi connectivity index (χ4n) is 2.21. The van der Waals surface area contributed by atoms with Crippen molar-refractivity contribution in [2.45, 2.75) is 0 Å². The van der Waals surface area contributed by atoms with Gasteiger partial charge in [-0.05, 0) is 21.9 Å². The van der Waals surface area contributed by atoms with Gasteiger partial charge in [0.05, 0.1) is 0 Å². The van der Waals surface area contributed by atoms with E-state index in [1.165, 1.54) is 27.4 Å². The zero-order chi connectivity index (χ0) is 11.7. The van der Waals surface area contributed by atoms with Crippen molar-refractivity contribution < 1.29 is 0 Å². The molecule has 17 heavy (non-hydrogen) atoms. The molecule has 0 aromatic heterocycles. The maximum Gasteiger partial charge on any atom is 0.139 e. The van der Waals surface area contributed by atoms with Crippen molar-refractivity contribution in [2.24, 2.45) is 0 Å². The molecule has 0 saturated heterocycles. The normalized spacial score (nSPS) is 10.6.